The van der Waals surface area contributed by atoms with Crippen molar-refractivity contribution in [1.29, 1.82) is 0 Å². The zero-order valence-electron chi connectivity index (χ0n) is 14.9. The van der Waals surface area contributed by atoms with Crippen molar-refractivity contribution in [3.63, 3.8) is 0 Å². The van der Waals surface area contributed by atoms with Gasteiger partial charge < -0.3 is 14.5 Å². The van der Waals surface area contributed by atoms with E-state index >= 15 is 0 Å². The molecule has 1 amide bonds. The molecule has 3 rings (SSSR count). The van der Waals surface area contributed by atoms with E-state index < -0.39 is 0 Å². The second-order valence-corrected chi connectivity index (χ2v) is 6.24. The Hall–Kier alpha value is -3.08. The maximum atomic E-state index is 12.9. The lowest BCUT2D eigenvalue weighted by Crippen LogP contribution is -2.13. The maximum absolute atomic E-state index is 12.9. The van der Waals surface area contributed by atoms with E-state index in [2.05, 4.69) is 5.32 Å². The van der Waals surface area contributed by atoms with Crippen LogP contribution in [0.4, 0.5) is 10.1 Å². The first-order valence-electron chi connectivity index (χ1n) is 8.28. The first-order chi connectivity index (χ1) is 12.4. The summed E-state index contributed by atoms with van der Waals surface area (Å²) in [7, 11) is 0. The first-order valence-corrected chi connectivity index (χ1v) is 8.28. The summed E-state index contributed by atoms with van der Waals surface area (Å²) in [4.78, 5) is 12.4. The first kappa shape index (κ1) is 17.7. The molecule has 0 spiro atoms. The van der Waals surface area contributed by atoms with E-state index in [-0.39, 0.29) is 24.1 Å². The number of ether oxygens (including phenoxy) is 1. The van der Waals surface area contributed by atoms with E-state index in [1.165, 1.54) is 24.3 Å². The molecule has 4 nitrogen and oxygen atoms in total. The molecule has 5 heteroatoms. The predicted molar refractivity (Wildman–Crippen MR) is 98.0 cm³/mol. The predicted octanol–water partition coefficient (Wildman–Crippen LogP) is 5.18. The van der Waals surface area contributed by atoms with Crippen molar-refractivity contribution in [3.8, 4) is 5.75 Å². The molecule has 1 heterocycles. The van der Waals surface area contributed by atoms with Crippen LogP contribution in [0, 0.1) is 26.6 Å². The fraction of sp³-hybridized carbons (Fsp3) is 0.190. The number of aryl methyl sites for hydroxylation is 3. The molecule has 134 valence electrons. The molecule has 0 saturated carbocycles. The van der Waals surface area contributed by atoms with Crippen molar-refractivity contribution in [3.05, 3.63) is 82.6 Å². The van der Waals surface area contributed by atoms with E-state index in [4.69, 9.17) is 9.15 Å². The number of anilines is 1. The van der Waals surface area contributed by atoms with E-state index in [0.717, 1.165) is 22.4 Å². The van der Waals surface area contributed by atoms with Gasteiger partial charge in [0.1, 0.15) is 23.9 Å². The van der Waals surface area contributed by atoms with E-state index in [9.17, 15) is 9.18 Å². The fourth-order valence-electron chi connectivity index (χ4n) is 2.82. The molecule has 2 aromatic carbocycles. The van der Waals surface area contributed by atoms with E-state index in [0.29, 0.717) is 11.5 Å². The van der Waals surface area contributed by atoms with Crippen LogP contribution in [0.15, 0.2) is 52.9 Å². The van der Waals surface area contributed by atoms with Crippen LogP contribution >= 0.6 is 0 Å². The van der Waals surface area contributed by atoms with Crippen molar-refractivity contribution in [2.75, 3.05) is 5.32 Å². The molecule has 26 heavy (non-hydrogen) atoms. The van der Waals surface area contributed by atoms with E-state index in [1.807, 2.05) is 32.9 Å². The Morgan fingerprint density at radius 3 is 2.35 bits per heavy atom. The Morgan fingerprint density at radius 1 is 1.04 bits per heavy atom. The lowest BCUT2D eigenvalue weighted by Gasteiger charge is -2.11. The smallest absolute Gasteiger partial charge is 0.291 e. The van der Waals surface area contributed by atoms with Crippen LogP contribution in [0.3, 0.4) is 0 Å². The summed E-state index contributed by atoms with van der Waals surface area (Å²) in [6.07, 6.45) is 0. The zero-order chi connectivity index (χ0) is 18.7. The topological polar surface area (TPSA) is 51.5 Å². The van der Waals surface area contributed by atoms with E-state index in [1.54, 1.807) is 12.1 Å². The molecule has 0 atom stereocenters. The lowest BCUT2D eigenvalue weighted by atomic mass is 10.1. The third kappa shape index (κ3) is 4.11. The van der Waals surface area contributed by atoms with Gasteiger partial charge in [-0.25, -0.2) is 4.39 Å². The number of hydrogen-bond acceptors (Lipinski definition) is 3. The molecule has 1 N–H and O–H groups in total. The normalized spacial score (nSPS) is 10.6. The molecule has 1 aromatic heterocycles. The summed E-state index contributed by atoms with van der Waals surface area (Å²) in [5, 5.41) is 2.90. The van der Waals surface area contributed by atoms with Crippen LogP contribution in [-0.4, -0.2) is 5.91 Å². The highest BCUT2D eigenvalue weighted by Crippen LogP contribution is 2.23. The van der Waals surface area contributed by atoms with Crippen molar-refractivity contribution in [2.45, 2.75) is 27.4 Å². The van der Waals surface area contributed by atoms with Crippen LogP contribution in [0.25, 0.3) is 0 Å². The fourth-order valence-corrected chi connectivity index (χ4v) is 2.82. The summed E-state index contributed by atoms with van der Waals surface area (Å²) in [5.41, 5.74) is 3.95. The standard InChI is InChI=1S/C21H20FNO3/c1-13-10-14(2)20(15(3)11-13)23-21(24)19-9-8-18(26-19)12-25-17-6-4-16(22)5-7-17/h4-11H,12H2,1-3H3,(H,23,24). The number of carbonyl (C=O) groups is 1. The Morgan fingerprint density at radius 2 is 1.69 bits per heavy atom. The molecule has 3 aromatic rings. The molecule has 0 aliphatic carbocycles. The molecule has 0 fully saturated rings. The molecular weight excluding hydrogens is 333 g/mol. The Balaban J connectivity index is 1.65. The molecule has 0 radical (unpaired) electrons. The van der Waals surface area contributed by atoms with Crippen molar-refractivity contribution in [2.24, 2.45) is 0 Å². The molecular formula is C21H20FNO3. The zero-order valence-corrected chi connectivity index (χ0v) is 14.9. The van der Waals surface area contributed by atoms with Crippen molar-refractivity contribution in [1.82, 2.24) is 0 Å². The third-order valence-corrected chi connectivity index (χ3v) is 4.00. The van der Waals surface area contributed by atoms with Crippen LogP contribution in [0.1, 0.15) is 33.0 Å². The van der Waals surface area contributed by atoms with Crippen molar-refractivity contribution >= 4 is 11.6 Å². The van der Waals surface area contributed by atoms with Gasteiger partial charge in [0, 0.05) is 5.69 Å². The average Bonchev–Trinajstić information content (AvgIpc) is 3.06. The maximum Gasteiger partial charge on any atom is 0.291 e. The van der Waals surface area contributed by atoms with Gasteiger partial charge in [-0.05, 0) is 68.3 Å². The minimum Gasteiger partial charge on any atom is -0.486 e. The largest absolute Gasteiger partial charge is 0.486 e. The Labute approximate surface area is 151 Å². The molecule has 0 saturated heterocycles. The number of amides is 1. The highest BCUT2D eigenvalue weighted by molar-refractivity contribution is 6.03. The van der Waals surface area contributed by atoms with Gasteiger partial charge in [-0.3, -0.25) is 4.79 Å². The molecule has 0 bridgehead atoms. The number of furan rings is 1. The van der Waals surface area contributed by atoms with Gasteiger partial charge in [0.2, 0.25) is 0 Å². The second kappa shape index (κ2) is 7.44. The Bertz CT molecular complexity index is 906. The minimum atomic E-state index is -0.323. The van der Waals surface area contributed by atoms with Gasteiger partial charge in [0.05, 0.1) is 0 Å². The van der Waals surface area contributed by atoms with Crippen LogP contribution in [0.2, 0.25) is 0 Å². The minimum absolute atomic E-state index is 0.154. The Kier molecular flexibility index (Phi) is 5.07. The number of rotatable bonds is 5. The summed E-state index contributed by atoms with van der Waals surface area (Å²) in [5.74, 6) is 0.614. The third-order valence-electron chi connectivity index (χ3n) is 4.00. The van der Waals surface area contributed by atoms with Gasteiger partial charge in [-0.2, -0.15) is 0 Å². The van der Waals surface area contributed by atoms with Crippen molar-refractivity contribution < 1.29 is 18.3 Å². The van der Waals surface area contributed by atoms with Crippen LogP contribution in [0.5, 0.6) is 5.75 Å². The van der Waals surface area contributed by atoms with Gasteiger partial charge >= 0.3 is 0 Å². The quantitative estimate of drug-likeness (QED) is 0.688. The molecule has 0 unspecified atom stereocenters. The number of nitrogens with one attached hydrogen (secondary N) is 1. The summed E-state index contributed by atoms with van der Waals surface area (Å²) >= 11 is 0. The number of carbonyl (C=O) groups excluding carboxylic acids is 1. The number of halogens is 1. The SMILES string of the molecule is Cc1cc(C)c(NC(=O)c2ccc(COc3ccc(F)cc3)o2)c(C)c1. The highest BCUT2D eigenvalue weighted by atomic mass is 19.1. The number of benzene rings is 2. The monoisotopic (exact) mass is 353 g/mol. The van der Waals surface area contributed by atoms with Gasteiger partial charge in [-0.1, -0.05) is 17.7 Å². The summed E-state index contributed by atoms with van der Waals surface area (Å²) in [6, 6.07) is 13.1. The lowest BCUT2D eigenvalue weighted by molar-refractivity contribution is 0.0992. The average molecular weight is 353 g/mol. The number of hydrogen-bond donors (Lipinski definition) is 1. The summed E-state index contributed by atoms with van der Waals surface area (Å²) < 4.78 is 24.0. The summed E-state index contributed by atoms with van der Waals surface area (Å²) in [6.45, 7) is 6.09. The van der Waals surface area contributed by atoms with Gasteiger partial charge in [0.25, 0.3) is 5.91 Å². The van der Waals surface area contributed by atoms with Crippen LogP contribution in [-0.2, 0) is 6.61 Å². The molecule has 0 aliphatic heterocycles. The highest BCUT2D eigenvalue weighted by Gasteiger charge is 2.14. The van der Waals surface area contributed by atoms with Gasteiger partial charge in [-0.15, -0.1) is 0 Å². The van der Waals surface area contributed by atoms with Crippen LogP contribution < -0.4 is 10.1 Å². The second-order valence-electron chi connectivity index (χ2n) is 6.24. The molecule has 0 aliphatic rings. The van der Waals surface area contributed by atoms with Gasteiger partial charge in [0.15, 0.2) is 5.76 Å².